The Bertz CT molecular complexity index is 621. The van der Waals surface area contributed by atoms with Gasteiger partial charge in [0.15, 0.2) is 0 Å². The molecule has 0 radical (unpaired) electrons. The predicted octanol–water partition coefficient (Wildman–Crippen LogP) is 4.37. The molecule has 0 spiro atoms. The molecule has 0 bridgehead atoms. The minimum Gasteiger partial charge on any atom is -0.329 e. The van der Waals surface area contributed by atoms with Gasteiger partial charge in [0, 0.05) is 34.2 Å². The van der Waals surface area contributed by atoms with Gasteiger partial charge in [-0.2, -0.15) is 0 Å². The molecule has 0 aliphatic rings. The van der Waals surface area contributed by atoms with Crippen molar-refractivity contribution in [3.63, 3.8) is 0 Å². The molecule has 0 amide bonds. The molecule has 0 fully saturated rings. The first-order valence-electron chi connectivity index (χ1n) is 6.61. The number of nitrogens with zero attached hydrogens (tertiary/aromatic N) is 1. The summed E-state index contributed by atoms with van der Waals surface area (Å²) in [5, 5.41) is 0.704. The standard InChI is InChI=1S/C16H17BrClFN2/c1-21(10-11-4-2-3-5-14(11)18)16(9-20)13-8-12(17)6-7-15(13)19/h2-8,16H,9-10,20H2,1H3. The molecule has 2 N–H and O–H groups in total. The van der Waals surface area contributed by atoms with Gasteiger partial charge in [0.25, 0.3) is 0 Å². The average Bonchev–Trinajstić information content (AvgIpc) is 2.46. The molecule has 0 aromatic heterocycles. The monoisotopic (exact) mass is 370 g/mol. The van der Waals surface area contributed by atoms with Crippen molar-refractivity contribution in [2.45, 2.75) is 12.6 Å². The van der Waals surface area contributed by atoms with Crippen LogP contribution in [0.5, 0.6) is 0 Å². The van der Waals surface area contributed by atoms with Gasteiger partial charge in [-0.1, -0.05) is 45.7 Å². The van der Waals surface area contributed by atoms with Gasteiger partial charge < -0.3 is 5.73 Å². The molecular formula is C16H17BrClFN2. The summed E-state index contributed by atoms with van der Waals surface area (Å²) in [5.41, 5.74) is 7.44. The van der Waals surface area contributed by atoms with Crippen LogP contribution in [0.4, 0.5) is 4.39 Å². The van der Waals surface area contributed by atoms with Gasteiger partial charge in [-0.05, 0) is 36.9 Å². The second-order valence-electron chi connectivity index (χ2n) is 4.92. The molecule has 2 rings (SSSR count). The number of rotatable bonds is 5. The minimum atomic E-state index is -0.250. The maximum atomic E-state index is 14.1. The molecule has 0 aliphatic carbocycles. The van der Waals surface area contributed by atoms with Crippen LogP contribution in [0.3, 0.4) is 0 Å². The van der Waals surface area contributed by atoms with E-state index in [2.05, 4.69) is 15.9 Å². The van der Waals surface area contributed by atoms with E-state index < -0.39 is 0 Å². The maximum Gasteiger partial charge on any atom is 0.128 e. The van der Waals surface area contributed by atoms with Crippen LogP contribution in [0.25, 0.3) is 0 Å². The number of hydrogen-bond donors (Lipinski definition) is 1. The van der Waals surface area contributed by atoms with E-state index in [0.717, 1.165) is 10.0 Å². The summed E-state index contributed by atoms with van der Waals surface area (Å²) in [6, 6.07) is 12.3. The summed E-state index contributed by atoms with van der Waals surface area (Å²) in [7, 11) is 1.92. The van der Waals surface area contributed by atoms with E-state index >= 15 is 0 Å². The Balaban J connectivity index is 2.25. The Kier molecular flexibility index (Phi) is 5.76. The quantitative estimate of drug-likeness (QED) is 0.845. The largest absolute Gasteiger partial charge is 0.329 e. The van der Waals surface area contributed by atoms with Crippen molar-refractivity contribution in [2.75, 3.05) is 13.6 Å². The Morgan fingerprint density at radius 1 is 1.29 bits per heavy atom. The zero-order valence-corrected chi connectivity index (χ0v) is 14.0. The molecule has 2 aromatic carbocycles. The van der Waals surface area contributed by atoms with Crippen LogP contribution in [0.15, 0.2) is 46.9 Å². The summed E-state index contributed by atoms with van der Waals surface area (Å²) < 4.78 is 14.9. The normalized spacial score (nSPS) is 12.7. The molecular weight excluding hydrogens is 355 g/mol. The lowest BCUT2D eigenvalue weighted by Gasteiger charge is -2.28. The third-order valence-corrected chi connectivity index (χ3v) is 4.31. The second-order valence-corrected chi connectivity index (χ2v) is 6.25. The highest BCUT2D eigenvalue weighted by Gasteiger charge is 2.20. The Hall–Kier alpha value is -0.940. The van der Waals surface area contributed by atoms with Gasteiger partial charge in [-0.15, -0.1) is 0 Å². The minimum absolute atomic E-state index is 0.209. The molecule has 0 saturated heterocycles. The van der Waals surface area contributed by atoms with E-state index in [-0.39, 0.29) is 11.9 Å². The molecule has 1 unspecified atom stereocenters. The summed E-state index contributed by atoms with van der Waals surface area (Å²) in [5.74, 6) is -0.250. The molecule has 0 saturated carbocycles. The highest BCUT2D eigenvalue weighted by atomic mass is 79.9. The highest BCUT2D eigenvalue weighted by Crippen LogP contribution is 2.27. The van der Waals surface area contributed by atoms with Crippen molar-refractivity contribution in [3.05, 3.63) is 68.9 Å². The Morgan fingerprint density at radius 3 is 2.67 bits per heavy atom. The lowest BCUT2D eigenvalue weighted by Crippen LogP contribution is -2.31. The third-order valence-electron chi connectivity index (χ3n) is 3.45. The zero-order chi connectivity index (χ0) is 15.4. The van der Waals surface area contributed by atoms with Crippen LogP contribution >= 0.6 is 27.5 Å². The van der Waals surface area contributed by atoms with Gasteiger partial charge in [-0.25, -0.2) is 4.39 Å². The molecule has 0 aliphatic heterocycles. The molecule has 2 aromatic rings. The average molecular weight is 372 g/mol. The lowest BCUT2D eigenvalue weighted by molar-refractivity contribution is 0.236. The Morgan fingerprint density at radius 2 is 2.00 bits per heavy atom. The number of nitrogens with two attached hydrogens (primary N) is 1. The van der Waals surface area contributed by atoms with Crippen molar-refractivity contribution in [1.29, 1.82) is 0 Å². The fourth-order valence-corrected chi connectivity index (χ4v) is 2.89. The van der Waals surface area contributed by atoms with E-state index in [1.165, 1.54) is 6.07 Å². The van der Waals surface area contributed by atoms with Crippen molar-refractivity contribution in [2.24, 2.45) is 5.73 Å². The van der Waals surface area contributed by atoms with Gasteiger partial charge >= 0.3 is 0 Å². The van der Waals surface area contributed by atoms with Crippen LogP contribution in [0.1, 0.15) is 17.2 Å². The van der Waals surface area contributed by atoms with E-state index in [9.17, 15) is 4.39 Å². The highest BCUT2D eigenvalue weighted by molar-refractivity contribution is 9.10. The molecule has 21 heavy (non-hydrogen) atoms. The zero-order valence-electron chi connectivity index (χ0n) is 11.7. The summed E-state index contributed by atoms with van der Waals surface area (Å²) in [4.78, 5) is 2.01. The molecule has 1 atom stereocenters. The maximum absolute atomic E-state index is 14.1. The fourth-order valence-electron chi connectivity index (χ4n) is 2.32. The number of likely N-dealkylation sites (N-methyl/N-ethyl adjacent to an activating group) is 1. The third kappa shape index (κ3) is 4.04. The smallest absolute Gasteiger partial charge is 0.128 e. The van der Waals surface area contributed by atoms with Crippen molar-refractivity contribution in [1.82, 2.24) is 4.90 Å². The van der Waals surface area contributed by atoms with Gasteiger partial charge in [0.05, 0.1) is 0 Å². The van der Waals surface area contributed by atoms with E-state index in [0.29, 0.717) is 23.7 Å². The van der Waals surface area contributed by atoms with Crippen LogP contribution in [0, 0.1) is 5.82 Å². The first kappa shape index (κ1) is 16.4. The summed E-state index contributed by atoms with van der Waals surface area (Å²) >= 11 is 9.55. The first-order chi connectivity index (χ1) is 10.0. The Labute approximate surface area is 137 Å². The lowest BCUT2D eigenvalue weighted by atomic mass is 10.0. The fraction of sp³-hybridized carbons (Fsp3) is 0.250. The molecule has 112 valence electrons. The van der Waals surface area contributed by atoms with E-state index in [1.807, 2.05) is 36.2 Å². The number of hydrogen-bond acceptors (Lipinski definition) is 2. The van der Waals surface area contributed by atoms with Crippen LogP contribution in [-0.2, 0) is 6.54 Å². The number of halogens is 3. The SMILES string of the molecule is CN(Cc1ccccc1Cl)C(CN)c1cc(Br)ccc1F. The van der Waals surface area contributed by atoms with E-state index in [1.54, 1.807) is 12.1 Å². The van der Waals surface area contributed by atoms with E-state index in [4.69, 9.17) is 17.3 Å². The van der Waals surface area contributed by atoms with Crippen molar-refractivity contribution < 1.29 is 4.39 Å². The van der Waals surface area contributed by atoms with Crippen molar-refractivity contribution in [3.8, 4) is 0 Å². The predicted molar refractivity (Wildman–Crippen MR) is 88.8 cm³/mol. The second kappa shape index (κ2) is 7.36. The molecule has 0 heterocycles. The molecule has 2 nitrogen and oxygen atoms in total. The molecule has 5 heteroatoms. The van der Waals surface area contributed by atoms with Crippen molar-refractivity contribution >= 4 is 27.5 Å². The first-order valence-corrected chi connectivity index (χ1v) is 7.78. The van der Waals surface area contributed by atoms with Gasteiger partial charge in [0.1, 0.15) is 5.82 Å². The van der Waals surface area contributed by atoms with Crippen LogP contribution in [0.2, 0.25) is 5.02 Å². The van der Waals surface area contributed by atoms with Gasteiger partial charge in [0.2, 0.25) is 0 Å². The summed E-state index contributed by atoms with van der Waals surface area (Å²) in [6.07, 6.45) is 0. The number of benzene rings is 2. The van der Waals surface area contributed by atoms with Crippen LogP contribution < -0.4 is 5.73 Å². The van der Waals surface area contributed by atoms with Gasteiger partial charge in [-0.3, -0.25) is 4.90 Å². The summed E-state index contributed by atoms with van der Waals surface area (Å²) in [6.45, 7) is 0.932. The topological polar surface area (TPSA) is 29.3 Å². The van der Waals surface area contributed by atoms with Crippen LogP contribution in [-0.4, -0.2) is 18.5 Å².